The molecule has 3 rings (SSSR count). The second-order valence-electron chi connectivity index (χ2n) is 4.11. The Morgan fingerprint density at radius 2 is 2.35 bits per heavy atom. The van der Waals surface area contributed by atoms with Crippen LogP contribution >= 0.6 is 23.1 Å². The van der Waals surface area contributed by atoms with E-state index in [0.29, 0.717) is 11.7 Å². The molecule has 0 amide bonds. The van der Waals surface area contributed by atoms with Crippen LogP contribution < -0.4 is 0 Å². The Kier molecular flexibility index (Phi) is 3.70. The van der Waals surface area contributed by atoms with Gasteiger partial charge in [-0.3, -0.25) is 9.78 Å². The molecule has 0 radical (unpaired) electrons. The van der Waals surface area contributed by atoms with Crippen LogP contribution in [0.15, 0.2) is 41.1 Å². The summed E-state index contributed by atoms with van der Waals surface area (Å²) in [5.74, 6) is -0.843. The van der Waals surface area contributed by atoms with Crippen molar-refractivity contribution in [2.24, 2.45) is 0 Å². The number of rotatable bonds is 5. The normalized spacial score (nSPS) is 11.0. The van der Waals surface area contributed by atoms with Crippen molar-refractivity contribution in [3.8, 4) is 0 Å². The van der Waals surface area contributed by atoms with Crippen molar-refractivity contribution in [2.75, 3.05) is 5.75 Å². The van der Waals surface area contributed by atoms with Crippen LogP contribution in [-0.2, 0) is 11.3 Å². The third-order valence-electron chi connectivity index (χ3n) is 2.73. The molecule has 0 atom stereocenters. The summed E-state index contributed by atoms with van der Waals surface area (Å²) in [4.78, 5) is 20.5. The number of pyridine rings is 1. The van der Waals surface area contributed by atoms with Gasteiger partial charge in [0.2, 0.25) is 0 Å². The number of imidazole rings is 1. The molecule has 5 nitrogen and oxygen atoms in total. The standard InChI is InChI=1S/C13H11N3O2S2/c17-12(18)8-20-13-15-10-6-14-4-3-11(10)16(13)7-9-2-1-5-19-9/h1-6H,7-8H2,(H,17,18). The number of fused-ring (bicyclic) bond motifs is 1. The maximum atomic E-state index is 10.7. The SMILES string of the molecule is O=C(O)CSc1nc2cnccc2n1Cc1cccs1. The smallest absolute Gasteiger partial charge is 0.313 e. The molecular weight excluding hydrogens is 294 g/mol. The number of carboxylic acid groups (broad SMARTS) is 1. The summed E-state index contributed by atoms with van der Waals surface area (Å²) in [6.07, 6.45) is 3.42. The van der Waals surface area contributed by atoms with E-state index < -0.39 is 5.97 Å². The number of nitrogens with zero attached hydrogens (tertiary/aromatic N) is 3. The summed E-state index contributed by atoms with van der Waals surface area (Å²) in [7, 11) is 0. The minimum absolute atomic E-state index is 0.00118. The molecule has 3 aromatic rings. The topological polar surface area (TPSA) is 68.0 Å². The predicted molar refractivity (Wildman–Crippen MR) is 79.3 cm³/mol. The Bertz CT molecular complexity index is 737. The van der Waals surface area contributed by atoms with Crippen molar-refractivity contribution in [2.45, 2.75) is 11.7 Å². The van der Waals surface area contributed by atoms with E-state index >= 15 is 0 Å². The fourth-order valence-electron chi connectivity index (χ4n) is 1.91. The van der Waals surface area contributed by atoms with Gasteiger partial charge in [0.15, 0.2) is 5.16 Å². The lowest BCUT2D eigenvalue weighted by Crippen LogP contribution is -2.03. The molecule has 0 bridgehead atoms. The number of carboxylic acids is 1. The molecule has 3 aromatic heterocycles. The van der Waals surface area contributed by atoms with Crippen molar-refractivity contribution < 1.29 is 9.90 Å². The predicted octanol–water partition coefficient (Wildman–Crippen LogP) is 2.72. The zero-order chi connectivity index (χ0) is 13.9. The Morgan fingerprint density at radius 1 is 1.45 bits per heavy atom. The Balaban J connectivity index is 2.01. The van der Waals surface area contributed by atoms with Gasteiger partial charge in [-0.1, -0.05) is 17.8 Å². The van der Waals surface area contributed by atoms with Gasteiger partial charge in [0.05, 0.1) is 24.0 Å². The van der Waals surface area contributed by atoms with Crippen LogP contribution in [0.5, 0.6) is 0 Å². The first-order valence-electron chi connectivity index (χ1n) is 5.91. The second kappa shape index (κ2) is 5.64. The third kappa shape index (κ3) is 2.68. The van der Waals surface area contributed by atoms with E-state index in [2.05, 4.69) is 16.0 Å². The van der Waals surface area contributed by atoms with E-state index in [0.717, 1.165) is 11.0 Å². The van der Waals surface area contributed by atoms with Crippen LogP contribution in [0.2, 0.25) is 0 Å². The van der Waals surface area contributed by atoms with Crippen molar-refractivity contribution in [1.82, 2.24) is 14.5 Å². The van der Waals surface area contributed by atoms with E-state index in [1.54, 1.807) is 23.7 Å². The van der Waals surface area contributed by atoms with Gasteiger partial charge >= 0.3 is 5.97 Å². The van der Waals surface area contributed by atoms with Crippen LogP contribution in [0.4, 0.5) is 0 Å². The molecule has 0 fully saturated rings. The lowest BCUT2D eigenvalue weighted by molar-refractivity contribution is -0.133. The average molecular weight is 305 g/mol. The largest absolute Gasteiger partial charge is 0.481 e. The van der Waals surface area contributed by atoms with Gasteiger partial charge in [-0.2, -0.15) is 0 Å². The van der Waals surface area contributed by atoms with Gasteiger partial charge in [-0.15, -0.1) is 11.3 Å². The van der Waals surface area contributed by atoms with Gasteiger partial charge in [0.1, 0.15) is 5.52 Å². The van der Waals surface area contributed by atoms with Crippen molar-refractivity contribution in [3.05, 3.63) is 40.8 Å². The Morgan fingerprint density at radius 3 is 3.10 bits per heavy atom. The number of aromatic nitrogens is 3. The molecule has 0 saturated heterocycles. The molecule has 20 heavy (non-hydrogen) atoms. The molecular formula is C13H11N3O2S2. The van der Waals surface area contributed by atoms with Crippen LogP contribution in [-0.4, -0.2) is 31.4 Å². The molecule has 0 aliphatic rings. The summed E-state index contributed by atoms with van der Waals surface area (Å²) >= 11 is 2.90. The van der Waals surface area contributed by atoms with E-state index in [-0.39, 0.29) is 5.75 Å². The van der Waals surface area contributed by atoms with E-state index in [1.807, 2.05) is 22.1 Å². The molecule has 0 aromatic carbocycles. The van der Waals surface area contributed by atoms with E-state index in [4.69, 9.17) is 5.11 Å². The molecule has 102 valence electrons. The van der Waals surface area contributed by atoms with Crippen molar-refractivity contribution in [1.29, 1.82) is 0 Å². The molecule has 0 aliphatic heterocycles. The van der Waals surface area contributed by atoms with Crippen LogP contribution in [0, 0.1) is 0 Å². The quantitative estimate of drug-likeness (QED) is 0.734. The first kappa shape index (κ1) is 13.1. The number of hydrogen-bond acceptors (Lipinski definition) is 5. The Labute approximate surface area is 123 Å². The molecule has 0 aliphatic carbocycles. The first-order chi connectivity index (χ1) is 9.74. The minimum atomic E-state index is -0.845. The molecule has 1 N–H and O–H groups in total. The van der Waals surface area contributed by atoms with Gasteiger partial charge < -0.3 is 9.67 Å². The van der Waals surface area contributed by atoms with Gasteiger partial charge in [-0.05, 0) is 17.5 Å². The fourth-order valence-corrected chi connectivity index (χ4v) is 3.33. The Hall–Kier alpha value is -1.86. The number of carbonyl (C=O) groups is 1. The van der Waals surface area contributed by atoms with E-state index in [1.165, 1.54) is 16.6 Å². The zero-order valence-corrected chi connectivity index (χ0v) is 12.0. The maximum absolute atomic E-state index is 10.7. The van der Waals surface area contributed by atoms with Gasteiger partial charge in [0.25, 0.3) is 0 Å². The fraction of sp³-hybridized carbons (Fsp3) is 0.154. The molecule has 7 heteroatoms. The average Bonchev–Trinajstić information content (AvgIpc) is 3.05. The third-order valence-corrected chi connectivity index (χ3v) is 4.56. The molecule has 3 heterocycles. The maximum Gasteiger partial charge on any atom is 0.313 e. The summed E-state index contributed by atoms with van der Waals surface area (Å²) in [6, 6.07) is 5.97. The number of hydrogen-bond donors (Lipinski definition) is 1. The number of thiophene rings is 1. The zero-order valence-electron chi connectivity index (χ0n) is 10.4. The highest BCUT2D eigenvalue weighted by molar-refractivity contribution is 7.99. The van der Waals surface area contributed by atoms with Crippen molar-refractivity contribution >= 4 is 40.1 Å². The summed E-state index contributed by atoms with van der Waals surface area (Å²) < 4.78 is 2.04. The molecule has 0 unspecified atom stereocenters. The van der Waals surface area contributed by atoms with Crippen LogP contribution in [0.1, 0.15) is 4.88 Å². The van der Waals surface area contributed by atoms with E-state index in [9.17, 15) is 4.79 Å². The first-order valence-corrected chi connectivity index (χ1v) is 7.78. The number of thioether (sulfide) groups is 1. The second-order valence-corrected chi connectivity index (χ2v) is 6.08. The monoisotopic (exact) mass is 305 g/mol. The number of aliphatic carboxylic acids is 1. The minimum Gasteiger partial charge on any atom is -0.481 e. The van der Waals surface area contributed by atoms with Gasteiger partial charge in [-0.25, -0.2) is 4.98 Å². The van der Waals surface area contributed by atoms with Gasteiger partial charge in [0, 0.05) is 11.1 Å². The lowest BCUT2D eigenvalue weighted by Gasteiger charge is -2.06. The highest BCUT2D eigenvalue weighted by atomic mass is 32.2. The highest BCUT2D eigenvalue weighted by Gasteiger charge is 2.13. The molecule has 0 spiro atoms. The highest BCUT2D eigenvalue weighted by Crippen LogP contribution is 2.25. The van der Waals surface area contributed by atoms with Crippen molar-refractivity contribution in [3.63, 3.8) is 0 Å². The van der Waals surface area contributed by atoms with Crippen LogP contribution in [0.25, 0.3) is 11.0 Å². The molecule has 0 saturated carbocycles. The lowest BCUT2D eigenvalue weighted by atomic mass is 10.4. The summed E-state index contributed by atoms with van der Waals surface area (Å²) in [6.45, 7) is 0.695. The summed E-state index contributed by atoms with van der Waals surface area (Å²) in [5, 5.41) is 11.6. The van der Waals surface area contributed by atoms with Crippen LogP contribution in [0.3, 0.4) is 0 Å². The summed E-state index contributed by atoms with van der Waals surface area (Å²) in [5.41, 5.74) is 1.76.